The van der Waals surface area contributed by atoms with Crippen LogP contribution in [0.1, 0.15) is 52.7 Å². The number of aromatic nitrogens is 8. The first-order chi connectivity index (χ1) is 37.1. The Balaban J connectivity index is 1.15. The van der Waals surface area contributed by atoms with Gasteiger partial charge in [0.25, 0.3) is 31.8 Å². The topological polar surface area (TPSA) is 291 Å². The quantitative estimate of drug-likeness (QED) is 0.0527. The molecule has 0 amide bonds. The van der Waals surface area contributed by atoms with E-state index in [1.54, 1.807) is 84.9 Å². The van der Waals surface area contributed by atoms with Crippen LogP contribution in [0.3, 0.4) is 0 Å². The minimum Gasteiger partial charge on any atom is -0.493 e. The van der Waals surface area contributed by atoms with Crippen molar-refractivity contribution in [3.05, 3.63) is 145 Å². The average molecular weight is 1100 g/mol. The van der Waals surface area contributed by atoms with Gasteiger partial charge in [0.05, 0.1) is 24.0 Å². The van der Waals surface area contributed by atoms with Crippen LogP contribution in [0.5, 0.6) is 46.3 Å². The van der Waals surface area contributed by atoms with E-state index in [9.17, 15) is 27.0 Å². The van der Waals surface area contributed by atoms with Gasteiger partial charge in [-0.1, -0.05) is 90.1 Å². The molecule has 0 saturated carbocycles. The Morgan fingerprint density at radius 2 is 0.795 bits per heavy atom. The summed E-state index contributed by atoms with van der Waals surface area (Å²) in [6, 6.07) is 28.8. The second kappa shape index (κ2) is 23.3. The highest BCUT2D eigenvalue weighted by molar-refractivity contribution is 7.93. The molecule has 8 rings (SSSR count). The van der Waals surface area contributed by atoms with Gasteiger partial charge in [0, 0.05) is 24.8 Å². The van der Waals surface area contributed by atoms with Crippen molar-refractivity contribution in [1.29, 1.82) is 0 Å². The molecule has 8 aromatic rings. The van der Waals surface area contributed by atoms with E-state index >= 15 is 0 Å². The standard InChI is InChI=1S/C54H56N10O12S2/c1-53(2,3)33-19-23-35(24-20-33)77(67,68)63-45-43(75-41-17-11-9-15-39(41)71-7)51(61-49(59-45)47-55-27-13-28-56-47)73-31-37(65)38(66)32-74-52-44(76-42-18-12-10-16-40(42)72-8)46(60-50(62-52)48-57-29-14-30-58-48)64-78(69,70)36-25-21-34(22-26-36)54(4,5)6/h9-30,37-38,65-66H,31-32H2,1-8H3,(H,59,61,63)(H,60,62,64). The number of hydrogen-bond acceptors (Lipinski definition) is 20. The second-order valence-electron chi connectivity index (χ2n) is 19.2. The monoisotopic (exact) mass is 1100 g/mol. The van der Waals surface area contributed by atoms with Gasteiger partial charge in [-0.15, -0.1) is 0 Å². The fraction of sp³-hybridized carbons (Fsp3) is 0.259. The number of aliphatic hydroxyl groups excluding tert-OH is 2. The molecule has 2 unspecified atom stereocenters. The summed E-state index contributed by atoms with van der Waals surface area (Å²) in [6.45, 7) is 10.5. The van der Waals surface area contributed by atoms with E-state index in [1.807, 2.05) is 41.5 Å². The fourth-order valence-corrected chi connectivity index (χ4v) is 9.23. The van der Waals surface area contributed by atoms with Gasteiger partial charge in [0.2, 0.25) is 23.1 Å². The molecule has 406 valence electrons. The van der Waals surface area contributed by atoms with Crippen molar-refractivity contribution in [3.63, 3.8) is 0 Å². The van der Waals surface area contributed by atoms with Gasteiger partial charge in [0.15, 0.2) is 46.3 Å². The molecule has 0 aliphatic carbocycles. The maximum atomic E-state index is 14.2. The van der Waals surface area contributed by atoms with E-state index in [0.29, 0.717) is 0 Å². The van der Waals surface area contributed by atoms with Crippen molar-refractivity contribution in [3.8, 4) is 69.6 Å². The number of benzene rings is 4. The summed E-state index contributed by atoms with van der Waals surface area (Å²) in [5.41, 5.74) is 1.25. The van der Waals surface area contributed by atoms with Crippen molar-refractivity contribution >= 4 is 31.7 Å². The van der Waals surface area contributed by atoms with Gasteiger partial charge in [-0.25, -0.2) is 46.7 Å². The lowest BCUT2D eigenvalue weighted by Gasteiger charge is -2.22. The molecule has 4 N–H and O–H groups in total. The van der Waals surface area contributed by atoms with Crippen molar-refractivity contribution < 1.29 is 55.5 Å². The third-order valence-electron chi connectivity index (χ3n) is 11.5. The summed E-state index contributed by atoms with van der Waals surface area (Å²) in [7, 11) is -6.00. The van der Waals surface area contributed by atoms with Crippen molar-refractivity contribution in [2.75, 3.05) is 36.9 Å². The number of anilines is 2. The first-order valence-corrected chi connectivity index (χ1v) is 27.0. The Bertz CT molecular complexity index is 3350. The largest absolute Gasteiger partial charge is 0.493 e. The third-order valence-corrected chi connectivity index (χ3v) is 14.2. The third kappa shape index (κ3) is 13.3. The maximum Gasteiger partial charge on any atom is 0.264 e. The number of nitrogens with zero attached hydrogens (tertiary/aromatic N) is 8. The van der Waals surface area contributed by atoms with Gasteiger partial charge in [-0.3, -0.25) is 9.44 Å². The lowest BCUT2D eigenvalue weighted by atomic mass is 9.87. The predicted octanol–water partition coefficient (Wildman–Crippen LogP) is 8.16. The lowest BCUT2D eigenvalue weighted by Crippen LogP contribution is -2.36. The lowest BCUT2D eigenvalue weighted by molar-refractivity contribution is -0.0307. The normalized spacial score (nSPS) is 12.7. The summed E-state index contributed by atoms with van der Waals surface area (Å²) in [4.78, 5) is 34.8. The van der Waals surface area contributed by atoms with Crippen LogP contribution in [-0.4, -0.2) is 107 Å². The Morgan fingerprint density at radius 1 is 0.462 bits per heavy atom. The zero-order valence-electron chi connectivity index (χ0n) is 43.6. The van der Waals surface area contributed by atoms with E-state index in [0.717, 1.165) is 11.1 Å². The SMILES string of the molecule is COc1ccccc1Oc1c(NS(=O)(=O)c2ccc(C(C)(C)C)cc2)nc(-c2ncccn2)nc1OCC(O)C(O)COc1nc(-c2ncccn2)nc(NS(=O)(=O)c2ccc(C(C)(C)C)cc2)c1Oc1ccccc1OC. The highest BCUT2D eigenvalue weighted by Gasteiger charge is 2.31. The van der Waals surface area contributed by atoms with Gasteiger partial charge in [-0.2, -0.15) is 9.97 Å². The summed E-state index contributed by atoms with van der Waals surface area (Å²) in [5, 5.41) is 23.2. The van der Waals surface area contributed by atoms with Crippen molar-refractivity contribution in [1.82, 2.24) is 39.9 Å². The smallest absolute Gasteiger partial charge is 0.264 e. The number of ether oxygens (including phenoxy) is 6. The molecule has 4 aromatic carbocycles. The highest BCUT2D eigenvalue weighted by Crippen LogP contribution is 2.44. The van der Waals surface area contributed by atoms with Crippen LogP contribution >= 0.6 is 0 Å². The molecular weight excluding hydrogens is 1040 g/mol. The van der Waals surface area contributed by atoms with Crippen LogP contribution in [0.4, 0.5) is 11.6 Å². The number of para-hydroxylation sites is 4. The predicted molar refractivity (Wildman–Crippen MR) is 287 cm³/mol. The molecule has 22 nitrogen and oxygen atoms in total. The summed E-state index contributed by atoms with van der Waals surface area (Å²) >= 11 is 0. The van der Waals surface area contributed by atoms with E-state index < -0.39 is 68.9 Å². The molecule has 24 heteroatoms. The zero-order chi connectivity index (χ0) is 55.8. The van der Waals surface area contributed by atoms with E-state index in [1.165, 1.54) is 63.3 Å². The van der Waals surface area contributed by atoms with Crippen molar-refractivity contribution in [2.45, 2.75) is 74.4 Å². The molecule has 0 spiro atoms. The number of aliphatic hydroxyl groups is 2. The van der Waals surface area contributed by atoms with Gasteiger partial charge in [0.1, 0.15) is 25.4 Å². The van der Waals surface area contributed by atoms with Crippen molar-refractivity contribution in [2.24, 2.45) is 0 Å². The molecule has 78 heavy (non-hydrogen) atoms. The van der Waals surface area contributed by atoms with Gasteiger partial charge < -0.3 is 38.6 Å². The molecule has 0 radical (unpaired) electrons. The first kappa shape index (κ1) is 55.6. The second-order valence-corrected chi connectivity index (χ2v) is 22.6. The first-order valence-electron chi connectivity index (χ1n) is 24.0. The van der Waals surface area contributed by atoms with Gasteiger partial charge in [-0.05, 0) is 82.6 Å². The summed E-state index contributed by atoms with van der Waals surface area (Å²) in [6.07, 6.45) is 2.10. The van der Waals surface area contributed by atoms with Crippen LogP contribution < -0.4 is 37.9 Å². The molecular formula is C54H56N10O12S2. The van der Waals surface area contributed by atoms with E-state index in [-0.39, 0.29) is 78.4 Å². The van der Waals surface area contributed by atoms with Crippen LogP contribution in [0, 0.1) is 0 Å². The molecule has 4 heterocycles. The number of rotatable bonds is 21. The molecule has 0 bridgehead atoms. The van der Waals surface area contributed by atoms with Crippen LogP contribution in [0.25, 0.3) is 23.3 Å². The molecule has 4 aromatic heterocycles. The zero-order valence-corrected chi connectivity index (χ0v) is 45.3. The van der Waals surface area contributed by atoms with Gasteiger partial charge >= 0.3 is 0 Å². The minimum atomic E-state index is -4.41. The highest BCUT2D eigenvalue weighted by atomic mass is 32.2. The fourth-order valence-electron chi connectivity index (χ4n) is 7.22. The molecule has 2 atom stereocenters. The van der Waals surface area contributed by atoms with Crippen LogP contribution in [0.2, 0.25) is 0 Å². The maximum absolute atomic E-state index is 14.2. The van der Waals surface area contributed by atoms with E-state index in [4.69, 9.17) is 28.4 Å². The number of methoxy groups -OCH3 is 2. The molecule has 0 aliphatic rings. The number of nitrogens with one attached hydrogen (secondary N) is 2. The molecule has 0 saturated heterocycles. The Kier molecular flexibility index (Phi) is 16.7. The summed E-state index contributed by atoms with van der Waals surface area (Å²) < 4.78 is 97.6. The van der Waals surface area contributed by atoms with E-state index in [2.05, 4.69) is 49.3 Å². The Labute approximate surface area is 451 Å². The van der Waals surface area contributed by atoms with Crippen LogP contribution in [0.15, 0.2) is 144 Å². The Morgan fingerprint density at radius 3 is 1.12 bits per heavy atom. The average Bonchev–Trinajstić information content (AvgIpc) is 3.51. The number of sulfonamides is 2. The summed E-state index contributed by atoms with van der Waals surface area (Å²) in [5.74, 6) is -2.25. The molecule has 0 aliphatic heterocycles. The molecule has 0 fully saturated rings. The number of hydrogen-bond donors (Lipinski definition) is 4. The minimum absolute atomic E-state index is 0.0356. The van der Waals surface area contributed by atoms with Crippen LogP contribution in [-0.2, 0) is 30.9 Å². The Hall–Kier alpha value is -8.58.